The minimum atomic E-state index is -0.699. The first kappa shape index (κ1) is 10.1. The Balaban J connectivity index is 2.39. The molecule has 0 unspecified atom stereocenters. The van der Waals surface area contributed by atoms with E-state index in [1.165, 1.54) is 0 Å². The van der Waals surface area contributed by atoms with Gasteiger partial charge in [0.05, 0.1) is 11.1 Å². The Morgan fingerprint density at radius 2 is 1.87 bits per heavy atom. The van der Waals surface area contributed by atoms with Crippen molar-refractivity contribution in [1.82, 2.24) is 4.98 Å². The van der Waals surface area contributed by atoms with Gasteiger partial charge < -0.3 is 5.11 Å². The molecule has 0 saturated carbocycles. The average Bonchev–Trinajstić information content (AvgIpc) is 2.15. The van der Waals surface area contributed by atoms with E-state index >= 15 is 0 Å². The molecule has 1 aromatic heterocycles. The predicted molar refractivity (Wildman–Crippen MR) is 61.7 cm³/mol. The second-order valence-corrected chi connectivity index (χ2v) is 4.48. The van der Waals surface area contributed by atoms with Crippen LogP contribution in [0.1, 0.15) is 19.5 Å². The third kappa shape index (κ3) is 2.54. The third-order valence-corrected chi connectivity index (χ3v) is 2.27. The lowest BCUT2D eigenvalue weighted by molar-refractivity contribution is 0.0800. The summed E-state index contributed by atoms with van der Waals surface area (Å²) in [5.74, 6) is 0. The van der Waals surface area contributed by atoms with Gasteiger partial charge in [-0.15, -0.1) is 0 Å². The van der Waals surface area contributed by atoms with Crippen LogP contribution in [0.15, 0.2) is 36.4 Å². The van der Waals surface area contributed by atoms with E-state index < -0.39 is 5.60 Å². The summed E-state index contributed by atoms with van der Waals surface area (Å²) < 4.78 is 0. The van der Waals surface area contributed by atoms with Gasteiger partial charge in [-0.1, -0.05) is 24.3 Å². The highest BCUT2D eigenvalue weighted by Gasteiger charge is 2.14. The third-order valence-electron chi connectivity index (χ3n) is 2.27. The van der Waals surface area contributed by atoms with Crippen LogP contribution in [-0.4, -0.2) is 15.7 Å². The zero-order chi connectivity index (χ0) is 10.9. The molecule has 2 nitrogen and oxygen atoms in total. The molecule has 0 amide bonds. The standard InChI is InChI=1S/C13H15NO/c1-13(2,15)9-11-8-7-10-5-3-4-6-12(10)14-11/h3-8,15H,9H2,1-2H3. The van der Waals surface area contributed by atoms with Gasteiger partial charge in [-0.3, -0.25) is 4.98 Å². The van der Waals surface area contributed by atoms with Crippen LogP contribution in [-0.2, 0) is 6.42 Å². The summed E-state index contributed by atoms with van der Waals surface area (Å²) >= 11 is 0. The molecule has 2 heteroatoms. The molecule has 0 bridgehead atoms. The zero-order valence-electron chi connectivity index (χ0n) is 9.07. The lowest BCUT2D eigenvalue weighted by Gasteiger charge is -2.16. The normalized spacial score (nSPS) is 11.9. The number of para-hydroxylation sites is 1. The maximum atomic E-state index is 9.70. The maximum Gasteiger partial charge on any atom is 0.0705 e. The molecule has 2 aromatic rings. The quantitative estimate of drug-likeness (QED) is 0.810. The number of nitrogens with zero attached hydrogens (tertiary/aromatic N) is 1. The number of pyridine rings is 1. The second-order valence-electron chi connectivity index (χ2n) is 4.48. The molecule has 1 heterocycles. The molecule has 0 spiro atoms. The van der Waals surface area contributed by atoms with Crippen molar-refractivity contribution in [2.24, 2.45) is 0 Å². The fourth-order valence-corrected chi connectivity index (χ4v) is 1.65. The molecule has 0 aliphatic heterocycles. The minimum Gasteiger partial charge on any atom is -0.390 e. The Kier molecular flexibility index (Phi) is 2.45. The smallest absolute Gasteiger partial charge is 0.0705 e. The Morgan fingerprint density at radius 1 is 1.13 bits per heavy atom. The van der Waals surface area contributed by atoms with E-state index in [4.69, 9.17) is 0 Å². The molecule has 1 N–H and O–H groups in total. The van der Waals surface area contributed by atoms with Gasteiger partial charge in [-0.05, 0) is 26.0 Å². The van der Waals surface area contributed by atoms with Crippen molar-refractivity contribution in [3.8, 4) is 0 Å². The van der Waals surface area contributed by atoms with Crippen LogP contribution in [0.3, 0.4) is 0 Å². The fraction of sp³-hybridized carbons (Fsp3) is 0.308. The van der Waals surface area contributed by atoms with Crippen molar-refractivity contribution >= 4 is 10.9 Å². The van der Waals surface area contributed by atoms with Crippen molar-refractivity contribution in [3.63, 3.8) is 0 Å². The number of aromatic nitrogens is 1. The molecule has 1 aromatic carbocycles. The Labute approximate surface area is 89.6 Å². The van der Waals surface area contributed by atoms with Crippen LogP contribution in [0.4, 0.5) is 0 Å². The molecule has 2 rings (SSSR count). The van der Waals surface area contributed by atoms with Crippen LogP contribution in [0.2, 0.25) is 0 Å². The van der Waals surface area contributed by atoms with E-state index in [0.29, 0.717) is 6.42 Å². The van der Waals surface area contributed by atoms with E-state index in [0.717, 1.165) is 16.6 Å². The van der Waals surface area contributed by atoms with E-state index in [2.05, 4.69) is 4.98 Å². The van der Waals surface area contributed by atoms with Crippen molar-refractivity contribution in [2.75, 3.05) is 0 Å². The SMILES string of the molecule is CC(C)(O)Cc1ccc2ccccc2n1. The summed E-state index contributed by atoms with van der Waals surface area (Å²) in [6.45, 7) is 3.59. The number of hydrogen-bond acceptors (Lipinski definition) is 2. The van der Waals surface area contributed by atoms with Gasteiger partial charge in [0.1, 0.15) is 0 Å². The van der Waals surface area contributed by atoms with Crippen LogP contribution in [0.25, 0.3) is 10.9 Å². The molecular formula is C13H15NO. The number of hydrogen-bond donors (Lipinski definition) is 1. The van der Waals surface area contributed by atoms with Crippen molar-refractivity contribution in [2.45, 2.75) is 25.9 Å². The van der Waals surface area contributed by atoms with Gasteiger partial charge in [0.2, 0.25) is 0 Å². The first-order chi connectivity index (χ1) is 7.04. The van der Waals surface area contributed by atoms with Crippen molar-refractivity contribution in [3.05, 3.63) is 42.1 Å². The van der Waals surface area contributed by atoms with Crippen molar-refractivity contribution in [1.29, 1.82) is 0 Å². The highest BCUT2D eigenvalue weighted by atomic mass is 16.3. The Hall–Kier alpha value is -1.41. The molecule has 0 saturated heterocycles. The van der Waals surface area contributed by atoms with Crippen molar-refractivity contribution < 1.29 is 5.11 Å². The number of aliphatic hydroxyl groups is 1. The summed E-state index contributed by atoms with van der Waals surface area (Å²) in [5, 5.41) is 10.8. The zero-order valence-corrected chi connectivity index (χ0v) is 9.07. The van der Waals surface area contributed by atoms with Gasteiger partial charge in [0.25, 0.3) is 0 Å². The first-order valence-corrected chi connectivity index (χ1v) is 5.12. The van der Waals surface area contributed by atoms with E-state index in [9.17, 15) is 5.11 Å². The van der Waals surface area contributed by atoms with Gasteiger partial charge in [-0.25, -0.2) is 0 Å². The maximum absolute atomic E-state index is 9.70. The van der Waals surface area contributed by atoms with Gasteiger partial charge in [0, 0.05) is 17.5 Å². The molecule has 0 aliphatic rings. The van der Waals surface area contributed by atoms with E-state index in [1.54, 1.807) is 13.8 Å². The lowest BCUT2D eigenvalue weighted by atomic mass is 10.0. The largest absolute Gasteiger partial charge is 0.390 e. The summed E-state index contributed by atoms with van der Waals surface area (Å²) in [7, 11) is 0. The molecular weight excluding hydrogens is 186 g/mol. The first-order valence-electron chi connectivity index (χ1n) is 5.12. The summed E-state index contributed by atoms with van der Waals surface area (Å²) in [6, 6.07) is 12.0. The lowest BCUT2D eigenvalue weighted by Crippen LogP contribution is -2.22. The number of fused-ring (bicyclic) bond motifs is 1. The molecule has 0 atom stereocenters. The highest BCUT2D eigenvalue weighted by Crippen LogP contribution is 2.15. The van der Waals surface area contributed by atoms with E-state index in [-0.39, 0.29) is 0 Å². The molecule has 0 aliphatic carbocycles. The van der Waals surface area contributed by atoms with Crippen LogP contribution in [0, 0.1) is 0 Å². The second kappa shape index (κ2) is 3.63. The fourth-order valence-electron chi connectivity index (χ4n) is 1.65. The number of benzene rings is 1. The van der Waals surface area contributed by atoms with E-state index in [1.807, 2.05) is 36.4 Å². The van der Waals surface area contributed by atoms with Gasteiger partial charge >= 0.3 is 0 Å². The molecule has 15 heavy (non-hydrogen) atoms. The van der Waals surface area contributed by atoms with Gasteiger partial charge in [0.15, 0.2) is 0 Å². The Morgan fingerprint density at radius 3 is 2.60 bits per heavy atom. The minimum absolute atomic E-state index is 0.581. The highest BCUT2D eigenvalue weighted by molar-refractivity contribution is 5.78. The monoisotopic (exact) mass is 201 g/mol. The summed E-state index contributed by atoms with van der Waals surface area (Å²) in [6.07, 6.45) is 0.581. The topological polar surface area (TPSA) is 33.1 Å². The van der Waals surface area contributed by atoms with Gasteiger partial charge in [-0.2, -0.15) is 0 Å². The summed E-state index contributed by atoms with van der Waals surface area (Å²) in [4.78, 5) is 4.50. The molecule has 0 fully saturated rings. The molecule has 0 radical (unpaired) electrons. The predicted octanol–water partition coefficient (Wildman–Crippen LogP) is 2.55. The average molecular weight is 201 g/mol. The van der Waals surface area contributed by atoms with Crippen LogP contribution < -0.4 is 0 Å². The molecule has 78 valence electrons. The van der Waals surface area contributed by atoms with Crippen LogP contribution >= 0.6 is 0 Å². The summed E-state index contributed by atoms with van der Waals surface area (Å²) in [5.41, 5.74) is 1.22. The Bertz CT molecular complexity index is 471. The van der Waals surface area contributed by atoms with Crippen LogP contribution in [0.5, 0.6) is 0 Å². The number of rotatable bonds is 2.